The number of carbonyl (C=O) groups is 1. The predicted octanol–water partition coefficient (Wildman–Crippen LogP) is 10.1. The van der Waals surface area contributed by atoms with Crippen molar-refractivity contribution in [3.05, 3.63) is 175 Å². The van der Waals surface area contributed by atoms with Crippen LogP contribution in [0.2, 0.25) is 0 Å². The van der Waals surface area contributed by atoms with Crippen molar-refractivity contribution in [1.29, 1.82) is 0 Å². The molecule has 1 unspecified atom stereocenters. The Balaban J connectivity index is 1.26. The zero-order chi connectivity index (χ0) is 33.1. The van der Waals surface area contributed by atoms with Gasteiger partial charge in [0.2, 0.25) is 0 Å². The molecule has 0 bridgehead atoms. The highest BCUT2D eigenvalue weighted by Crippen LogP contribution is 2.45. The number of aromatic nitrogens is 2. The van der Waals surface area contributed by atoms with Crippen molar-refractivity contribution < 1.29 is 9.90 Å². The van der Waals surface area contributed by atoms with Crippen molar-refractivity contribution in [1.82, 2.24) is 9.55 Å². The number of para-hydroxylation sites is 1. The highest BCUT2D eigenvalue weighted by molar-refractivity contribution is 6.17. The Morgan fingerprint density at radius 3 is 2.10 bits per heavy atom. The molecule has 1 aliphatic heterocycles. The van der Waals surface area contributed by atoms with Crippen LogP contribution < -0.4 is 4.90 Å². The van der Waals surface area contributed by atoms with Crippen molar-refractivity contribution in [2.24, 2.45) is 0 Å². The molecular weight excluding hydrogens is 603 g/mol. The molecule has 5 heteroatoms. The molecule has 1 N–H and O–H groups in total. The van der Waals surface area contributed by atoms with Crippen LogP contribution in [0.5, 0.6) is 0 Å². The van der Waals surface area contributed by atoms with E-state index in [1.807, 2.05) is 109 Å². The maximum atomic E-state index is 14.9. The fraction of sp³-hybridized carbons (Fsp3) is 0.0455. The minimum Gasteiger partial charge on any atom is -0.369 e. The lowest BCUT2D eigenvalue weighted by atomic mass is 9.97. The van der Waals surface area contributed by atoms with Crippen molar-refractivity contribution in [2.75, 3.05) is 4.90 Å². The van der Waals surface area contributed by atoms with Crippen LogP contribution in [-0.2, 0) is 0 Å². The van der Waals surface area contributed by atoms with Gasteiger partial charge in [0.15, 0.2) is 6.23 Å². The van der Waals surface area contributed by atoms with E-state index in [4.69, 9.17) is 0 Å². The number of fused-ring (bicyclic) bond motifs is 4. The number of pyridine rings is 1. The molecule has 0 fully saturated rings. The molecule has 1 amide bonds. The van der Waals surface area contributed by atoms with E-state index < -0.39 is 6.23 Å². The summed E-state index contributed by atoms with van der Waals surface area (Å²) in [5.41, 5.74) is 11.6. The van der Waals surface area contributed by atoms with E-state index in [1.54, 1.807) is 4.90 Å². The van der Waals surface area contributed by atoms with Gasteiger partial charge in [0, 0.05) is 34.3 Å². The smallest absolute Gasteiger partial charge is 0.263 e. The molecule has 0 aliphatic carbocycles. The van der Waals surface area contributed by atoms with E-state index in [1.165, 1.54) is 0 Å². The van der Waals surface area contributed by atoms with Crippen molar-refractivity contribution in [3.63, 3.8) is 0 Å². The Labute approximate surface area is 284 Å². The summed E-state index contributed by atoms with van der Waals surface area (Å²) < 4.78 is 2.18. The van der Waals surface area contributed by atoms with Gasteiger partial charge in [0.05, 0.1) is 28.0 Å². The molecule has 5 nitrogen and oxygen atoms in total. The molecular formula is C44H31N3O2. The summed E-state index contributed by atoms with van der Waals surface area (Å²) in [6, 6.07) is 48.9. The predicted molar refractivity (Wildman–Crippen MR) is 198 cm³/mol. The molecule has 1 aliphatic rings. The summed E-state index contributed by atoms with van der Waals surface area (Å²) in [4.78, 5) is 20.8. The molecule has 0 saturated carbocycles. The third-order valence-corrected chi connectivity index (χ3v) is 9.73. The molecule has 234 valence electrons. The van der Waals surface area contributed by atoms with Gasteiger partial charge in [-0.25, -0.2) is 0 Å². The van der Waals surface area contributed by atoms with E-state index in [0.29, 0.717) is 16.8 Å². The lowest BCUT2D eigenvalue weighted by Gasteiger charge is -2.25. The van der Waals surface area contributed by atoms with Crippen LogP contribution in [0.1, 0.15) is 27.7 Å². The van der Waals surface area contributed by atoms with Gasteiger partial charge >= 0.3 is 0 Å². The average Bonchev–Trinajstić information content (AvgIpc) is 3.62. The Morgan fingerprint density at radius 1 is 0.592 bits per heavy atom. The highest BCUT2D eigenvalue weighted by Gasteiger charge is 2.40. The fourth-order valence-corrected chi connectivity index (χ4v) is 7.40. The minimum absolute atomic E-state index is 0.243. The van der Waals surface area contributed by atoms with Crippen LogP contribution >= 0.6 is 0 Å². The second kappa shape index (κ2) is 11.4. The summed E-state index contributed by atoms with van der Waals surface area (Å²) in [6.07, 6.45) is 2.53. The third-order valence-electron chi connectivity index (χ3n) is 9.73. The molecule has 3 heterocycles. The molecule has 9 rings (SSSR count). The topological polar surface area (TPSA) is 58.4 Å². The van der Waals surface area contributed by atoms with Gasteiger partial charge in [-0.2, -0.15) is 0 Å². The number of hydrogen-bond donors (Lipinski definition) is 1. The molecule has 6 aromatic carbocycles. The van der Waals surface area contributed by atoms with Crippen LogP contribution in [0.3, 0.4) is 0 Å². The first-order valence-corrected chi connectivity index (χ1v) is 16.4. The molecule has 0 spiro atoms. The molecule has 49 heavy (non-hydrogen) atoms. The van der Waals surface area contributed by atoms with Crippen molar-refractivity contribution in [2.45, 2.75) is 13.2 Å². The fourth-order valence-electron chi connectivity index (χ4n) is 7.40. The first kappa shape index (κ1) is 28.9. The SMILES string of the molecule is Cc1cnccc1-c1ccc2c3ccccc3n(-c3cccc4c3C(=O)N(c3cc(-c5ccccc5)ccc3-c3ccccc3)C4O)c2c1. The second-order valence-electron chi connectivity index (χ2n) is 12.5. The number of rotatable bonds is 5. The number of aryl methyl sites for hydroxylation is 1. The summed E-state index contributed by atoms with van der Waals surface area (Å²) in [5.74, 6) is -0.243. The normalized spacial score (nSPS) is 14.1. The monoisotopic (exact) mass is 633 g/mol. The third kappa shape index (κ3) is 4.59. The van der Waals surface area contributed by atoms with Gasteiger partial charge in [-0.15, -0.1) is 0 Å². The number of benzene rings is 6. The first-order valence-electron chi connectivity index (χ1n) is 16.4. The first-order chi connectivity index (χ1) is 24.1. The number of aliphatic hydroxyl groups excluding tert-OH is 1. The van der Waals surface area contributed by atoms with E-state index in [2.05, 4.69) is 65.0 Å². The Hall–Kier alpha value is -6.30. The number of aliphatic hydroxyl groups is 1. The van der Waals surface area contributed by atoms with Crippen LogP contribution in [0.25, 0.3) is 60.9 Å². The van der Waals surface area contributed by atoms with Crippen molar-refractivity contribution >= 4 is 33.4 Å². The van der Waals surface area contributed by atoms with Crippen LogP contribution in [0.4, 0.5) is 5.69 Å². The van der Waals surface area contributed by atoms with Crippen LogP contribution in [0.15, 0.2) is 158 Å². The summed E-state index contributed by atoms with van der Waals surface area (Å²) in [6.45, 7) is 2.07. The lowest BCUT2D eigenvalue weighted by molar-refractivity contribution is 0.0935. The molecule has 0 saturated heterocycles. The van der Waals surface area contributed by atoms with Crippen LogP contribution in [0, 0.1) is 6.92 Å². The lowest BCUT2D eigenvalue weighted by Crippen LogP contribution is -2.28. The maximum absolute atomic E-state index is 14.9. The molecule has 1 atom stereocenters. The Morgan fingerprint density at radius 2 is 1.31 bits per heavy atom. The van der Waals surface area contributed by atoms with E-state index in [0.717, 1.165) is 66.4 Å². The maximum Gasteiger partial charge on any atom is 0.263 e. The van der Waals surface area contributed by atoms with Gasteiger partial charge in [-0.05, 0) is 70.6 Å². The molecule has 2 aromatic heterocycles. The van der Waals surface area contributed by atoms with Crippen LogP contribution in [-0.4, -0.2) is 20.6 Å². The highest BCUT2D eigenvalue weighted by atomic mass is 16.3. The van der Waals surface area contributed by atoms with Gasteiger partial charge in [0.1, 0.15) is 0 Å². The number of hydrogen-bond acceptors (Lipinski definition) is 3. The Bertz CT molecular complexity index is 2550. The van der Waals surface area contributed by atoms with Gasteiger partial charge in [-0.1, -0.05) is 115 Å². The Kier molecular flexibility index (Phi) is 6.74. The minimum atomic E-state index is -1.17. The number of nitrogens with zero attached hydrogens (tertiary/aromatic N) is 3. The molecule has 0 radical (unpaired) electrons. The quantitative estimate of drug-likeness (QED) is 0.205. The standard InChI is InChI=1S/C44H31N3O2/c1-28-27-45-24-23-33(28)32-20-22-36-35-15-8-9-17-38(35)46(41(36)26-32)39-18-10-16-37-42(39)44(49)47(43(37)48)40-25-31(29-11-4-2-5-12-29)19-21-34(40)30-13-6-3-7-14-30/h2-27,43,48H,1H3. The average molecular weight is 634 g/mol. The molecule has 8 aromatic rings. The zero-order valence-corrected chi connectivity index (χ0v) is 26.8. The zero-order valence-electron chi connectivity index (χ0n) is 26.8. The number of anilines is 1. The summed E-state index contributed by atoms with van der Waals surface area (Å²) >= 11 is 0. The summed E-state index contributed by atoms with van der Waals surface area (Å²) in [5, 5.41) is 14.2. The number of amides is 1. The largest absolute Gasteiger partial charge is 0.369 e. The van der Waals surface area contributed by atoms with E-state index >= 15 is 0 Å². The second-order valence-corrected chi connectivity index (χ2v) is 12.5. The van der Waals surface area contributed by atoms with Gasteiger partial charge in [-0.3, -0.25) is 14.7 Å². The van der Waals surface area contributed by atoms with Gasteiger partial charge in [0.25, 0.3) is 5.91 Å². The number of carbonyl (C=O) groups excluding carboxylic acids is 1. The van der Waals surface area contributed by atoms with Gasteiger partial charge < -0.3 is 9.67 Å². The van der Waals surface area contributed by atoms with E-state index in [9.17, 15) is 9.90 Å². The van der Waals surface area contributed by atoms with Crippen molar-refractivity contribution in [3.8, 4) is 39.1 Å². The van der Waals surface area contributed by atoms with E-state index in [-0.39, 0.29) is 5.91 Å². The summed E-state index contributed by atoms with van der Waals surface area (Å²) in [7, 11) is 0.